The highest BCUT2D eigenvalue weighted by Gasteiger charge is 2.41. The summed E-state index contributed by atoms with van der Waals surface area (Å²) in [7, 11) is 1.74. The van der Waals surface area contributed by atoms with Crippen molar-refractivity contribution < 1.29 is 4.74 Å². The van der Waals surface area contributed by atoms with Crippen LogP contribution in [0.1, 0.15) is 26.2 Å². The lowest BCUT2D eigenvalue weighted by Crippen LogP contribution is -2.13. The van der Waals surface area contributed by atoms with E-state index in [9.17, 15) is 0 Å². The first kappa shape index (κ1) is 9.52. The summed E-state index contributed by atoms with van der Waals surface area (Å²) in [4.78, 5) is 4.25. The average molecular weight is 170 g/mol. The molecule has 0 amide bonds. The van der Waals surface area contributed by atoms with Crippen LogP contribution in [0.2, 0.25) is 0 Å². The molecule has 1 aliphatic rings. The van der Waals surface area contributed by atoms with Crippen LogP contribution in [0.15, 0.2) is 4.99 Å². The minimum absolute atomic E-state index is 0.441. The number of amidine groups is 1. The predicted octanol–water partition coefficient (Wildman–Crippen LogP) is 1.18. The Balaban J connectivity index is 2.25. The van der Waals surface area contributed by atoms with Gasteiger partial charge in [0.25, 0.3) is 0 Å². The Morgan fingerprint density at radius 3 is 2.67 bits per heavy atom. The molecule has 0 radical (unpaired) electrons. The minimum atomic E-state index is 0.441. The van der Waals surface area contributed by atoms with E-state index in [1.165, 1.54) is 12.8 Å². The zero-order valence-electron chi connectivity index (χ0n) is 7.97. The maximum Gasteiger partial charge on any atom is 0.0905 e. The van der Waals surface area contributed by atoms with Gasteiger partial charge < -0.3 is 10.5 Å². The molecular formula is C9H18N2O. The maximum atomic E-state index is 5.47. The van der Waals surface area contributed by atoms with E-state index in [4.69, 9.17) is 10.5 Å². The third-order valence-corrected chi connectivity index (χ3v) is 2.46. The number of methoxy groups -OCH3 is 1. The van der Waals surface area contributed by atoms with Crippen LogP contribution < -0.4 is 5.73 Å². The van der Waals surface area contributed by atoms with Gasteiger partial charge in [0.05, 0.1) is 5.84 Å². The minimum Gasteiger partial charge on any atom is -0.388 e. The molecule has 1 fully saturated rings. The summed E-state index contributed by atoms with van der Waals surface area (Å²) < 4.78 is 5.04. The van der Waals surface area contributed by atoms with Crippen LogP contribution in [0.3, 0.4) is 0 Å². The van der Waals surface area contributed by atoms with Gasteiger partial charge in [-0.25, -0.2) is 0 Å². The van der Waals surface area contributed by atoms with Crippen molar-refractivity contribution in [3.05, 3.63) is 0 Å². The highest BCUT2D eigenvalue weighted by Crippen LogP contribution is 2.48. The molecule has 0 aromatic heterocycles. The van der Waals surface area contributed by atoms with Crippen LogP contribution in [0.5, 0.6) is 0 Å². The number of rotatable bonds is 5. The van der Waals surface area contributed by atoms with Crippen molar-refractivity contribution >= 4 is 5.84 Å². The van der Waals surface area contributed by atoms with Crippen molar-refractivity contribution in [1.29, 1.82) is 0 Å². The van der Waals surface area contributed by atoms with E-state index in [2.05, 4.69) is 4.99 Å². The molecule has 0 atom stereocenters. The lowest BCUT2D eigenvalue weighted by Gasteiger charge is -2.10. The summed E-state index contributed by atoms with van der Waals surface area (Å²) in [6.45, 7) is 3.57. The van der Waals surface area contributed by atoms with E-state index in [1.807, 2.05) is 6.92 Å². The molecule has 0 unspecified atom stereocenters. The van der Waals surface area contributed by atoms with Gasteiger partial charge in [-0.1, -0.05) is 0 Å². The van der Waals surface area contributed by atoms with Crippen molar-refractivity contribution in [3.63, 3.8) is 0 Å². The Hall–Kier alpha value is -0.570. The lowest BCUT2D eigenvalue weighted by molar-refractivity contribution is 0.174. The van der Waals surface area contributed by atoms with Crippen LogP contribution in [-0.4, -0.2) is 26.1 Å². The molecule has 0 heterocycles. The summed E-state index contributed by atoms with van der Waals surface area (Å²) in [6.07, 6.45) is 3.69. The van der Waals surface area contributed by atoms with Gasteiger partial charge in [0.2, 0.25) is 0 Å². The Labute approximate surface area is 74.0 Å². The number of nitrogens with two attached hydrogens (primary N) is 1. The van der Waals surface area contributed by atoms with Crippen LogP contribution in [0, 0.1) is 5.41 Å². The van der Waals surface area contributed by atoms with Gasteiger partial charge >= 0.3 is 0 Å². The molecule has 0 bridgehead atoms. The predicted molar refractivity (Wildman–Crippen MR) is 50.3 cm³/mol. The van der Waals surface area contributed by atoms with Crippen molar-refractivity contribution in [2.75, 3.05) is 20.3 Å². The van der Waals surface area contributed by atoms with Gasteiger partial charge in [0.1, 0.15) is 0 Å². The van der Waals surface area contributed by atoms with Crippen molar-refractivity contribution in [2.45, 2.75) is 26.2 Å². The fourth-order valence-electron chi connectivity index (χ4n) is 1.27. The molecular weight excluding hydrogens is 152 g/mol. The average Bonchev–Trinajstić information content (AvgIpc) is 2.79. The zero-order chi connectivity index (χ0) is 9.03. The third kappa shape index (κ3) is 2.81. The second kappa shape index (κ2) is 3.90. The van der Waals surface area contributed by atoms with Gasteiger partial charge in [-0.15, -0.1) is 0 Å². The molecule has 0 saturated heterocycles. The monoisotopic (exact) mass is 170 g/mol. The maximum absolute atomic E-state index is 5.47. The molecule has 0 aromatic rings. The molecule has 1 rings (SSSR count). The largest absolute Gasteiger partial charge is 0.388 e. The first-order valence-corrected chi connectivity index (χ1v) is 4.44. The molecule has 12 heavy (non-hydrogen) atoms. The Kier molecular flexibility index (Phi) is 3.09. The normalized spacial score (nSPS) is 21.0. The van der Waals surface area contributed by atoms with Gasteiger partial charge in [-0.2, -0.15) is 0 Å². The molecule has 3 nitrogen and oxygen atoms in total. The van der Waals surface area contributed by atoms with E-state index in [0.29, 0.717) is 11.3 Å². The summed E-state index contributed by atoms with van der Waals surface area (Å²) in [5.41, 5.74) is 5.92. The molecule has 0 aromatic carbocycles. The number of nitrogens with zero attached hydrogens (tertiary/aromatic N) is 1. The van der Waals surface area contributed by atoms with E-state index in [0.717, 1.165) is 19.6 Å². The summed E-state index contributed by atoms with van der Waals surface area (Å²) in [5, 5.41) is 0. The Morgan fingerprint density at radius 1 is 1.58 bits per heavy atom. The Bertz CT molecular complexity index is 169. The SMILES string of the molecule is COCCC1(CN=C(C)N)CC1. The first-order valence-electron chi connectivity index (χ1n) is 4.44. The van der Waals surface area contributed by atoms with Crippen LogP contribution >= 0.6 is 0 Å². The molecule has 1 saturated carbocycles. The van der Waals surface area contributed by atoms with Crippen molar-refractivity contribution in [2.24, 2.45) is 16.1 Å². The number of aliphatic imine (C=N–C) groups is 1. The van der Waals surface area contributed by atoms with Gasteiger partial charge in [-0.05, 0) is 31.6 Å². The molecule has 70 valence electrons. The van der Waals surface area contributed by atoms with Gasteiger partial charge in [0.15, 0.2) is 0 Å². The van der Waals surface area contributed by atoms with E-state index in [1.54, 1.807) is 7.11 Å². The van der Waals surface area contributed by atoms with Crippen LogP contribution in [0.4, 0.5) is 0 Å². The topological polar surface area (TPSA) is 47.6 Å². The fourth-order valence-corrected chi connectivity index (χ4v) is 1.27. The smallest absolute Gasteiger partial charge is 0.0905 e. The molecule has 1 aliphatic carbocycles. The standard InChI is InChI=1S/C9H18N2O/c1-8(10)11-7-9(3-4-9)5-6-12-2/h3-7H2,1-2H3,(H2,10,11). The van der Waals surface area contributed by atoms with E-state index < -0.39 is 0 Å². The molecule has 2 N–H and O–H groups in total. The number of ether oxygens (including phenoxy) is 1. The van der Waals surface area contributed by atoms with Crippen molar-refractivity contribution in [1.82, 2.24) is 0 Å². The van der Waals surface area contributed by atoms with E-state index >= 15 is 0 Å². The summed E-state index contributed by atoms with van der Waals surface area (Å²) >= 11 is 0. The van der Waals surface area contributed by atoms with Crippen LogP contribution in [-0.2, 0) is 4.74 Å². The molecule has 0 aliphatic heterocycles. The van der Waals surface area contributed by atoms with Crippen LogP contribution in [0.25, 0.3) is 0 Å². The molecule has 3 heteroatoms. The number of hydrogen-bond acceptors (Lipinski definition) is 2. The summed E-state index contributed by atoms with van der Waals surface area (Å²) in [5.74, 6) is 0.693. The zero-order valence-corrected chi connectivity index (χ0v) is 7.97. The fraction of sp³-hybridized carbons (Fsp3) is 0.889. The first-order chi connectivity index (χ1) is 5.68. The van der Waals surface area contributed by atoms with Gasteiger partial charge in [0, 0.05) is 20.3 Å². The van der Waals surface area contributed by atoms with Crippen molar-refractivity contribution in [3.8, 4) is 0 Å². The molecule has 0 spiro atoms. The third-order valence-electron chi connectivity index (χ3n) is 2.46. The summed E-state index contributed by atoms with van der Waals surface area (Å²) in [6, 6.07) is 0. The van der Waals surface area contributed by atoms with Gasteiger partial charge in [-0.3, -0.25) is 4.99 Å². The second-order valence-corrected chi connectivity index (χ2v) is 3.70. The lowest BCUT2D eigenvalue weighted by atomic mass is 10.0. The number of hydrogen-bond donors (Lipinski definition) is 1. The quantitative estimate of drug-likeness (QED) is 0.497. The Morgan fingerprint density at radius 2 is 2.25 bits per heavy atom. The second-order valence-electron chi connectivity index (χ2n) is 3.70. The highest BCUT2D eigenvalue weighted by molar-refractivity contribution is 5.77. The van der Waals surface area contributed by atoms with E-state index in [-0.39, 0.29) is 0 Å². The highest BCUT2D eigenvalue weighted by atomic mass is 16.5.